The summed E-state index contributed by atoms with van der Waals surface area (Å²) < 4.78 is 79.6. The van der Waals surface area contributed by atoms with Crippen LogP contribution < -0.4 is 4.72 Å². The SMILES string of the molecule is O=S(=O)(Nc1ccc(F)c(F)c1)c1ccc(-c2ccc(F)cc2F)cc1. The largest absolute Gasteiger partial charge is 0.280 e. The first-order chi connectivity index (χ1) is 12.3. The van der Waals surface area contributed by atoms with Crippen LogP contribution in [-0.2, 0) is 10.0 Å². The van der Waals surface area contributed by atoms with Crippen molar-refractivity contribution in [2.75, 3.05) is 4.72 Å². The molecule has 1 N–H and O–H groups in total. The van der Waals surface area contributed by atoms with Crippen molar-refractivity contribution in [3.8, 4) is 11.1 Å². The number of hydrogen-bond acceptors (Lipinski definition) is 2. The fraction of sp³-hybridized carbons (Fsp3) is 0. The predicted octanol–water partition coefficient (Wildman–Crippen LogP) is 4.71. The number of anilines is 1. The van der Waals surface area contributed by atoms with Crippen molar-refractivity contribution in [2.24, 2.45) is 0 Å². The Morgan fingerprint density at radius 2 is 1.38 bits per heavy atom. The Balaban J connectivity index is 1.88. The zero-order valence-corrected chi connectivity index (χ0v) is 13.8. The van der Waals surface area contributed by atoms with Gasteiger partial charge in [0.1, 0.15) is 11.6 Å². The Labute approximate surface area is 147 Å². The third kappa shape index (κ3) is 3.70. The highest BCUT2D eigenvalue weighted by Crippen LogP contribution is 2.25. The molecule has 0 atom stereocenters. The number of halogens is 4. The van der Waals surface area contributed by atoms with Gasteiger partial charge in [0.05, 0.1) is 10.6 Å². The fourth-order valence-corrected chi connectivity index (χ4v) is 3.36. The van der Waals surface area contributed by atoms with Gasteiger partial charge in [0, 0.05) is 17.7 Å². The van der Waals surface area contributed by atoms with Gasteiger partial charge in [0.2, 0.25) is 0 Å². The van der Waals surface area contributed by atoms with Crippen LogP contribution in [0.25, 0.3) is 11.1 Å². The van der Waals surface area contributed by atoms with Crippen molar-refractivity contribution in [1.29, 1.82) is 0 Å². The van der Waals surface area contributed by atoms with Crippen LogP contribution in [0.3, 0.4) is 0 Å². The molecule has 134 valence electrons. The van der Waals surface area contributed by atoms with Crippen LogP contribution in [0.15, 0.2) is 65.6 Å². The Kier molecular flexibility index (Phi) is 4.69. The van der Waals surface area contributed by atoms with Crippen molar-refractivity contribution in [3.05, 3.63) is 83.9 Å². The lowest BCUT2D eigenvalue weighted by Gasteiger charge is -2.09. The molecule has 3 aromatic carbocycles. The van der Waals surface area contributed by atoms with E-state index in [9.17, 15) is 26.0 Å². The van der Waals surface area contributed by atoms with Gasteiger partial charge in [-0.25, -0.2) is 26.0 Å². The van der Waals surface area contributed by atoms with Crippen LogP contribution in [-0.4, -0.2) is 8.42 Å². The molecule has 0 aliphatic heterocycles. The Bertz CT molecular complexity index is 1070. The third-order valence-electron chi connectivity index (χ3n) is 3.58. The van der Waals surface area contributed by atoms with Gasteiger partial charge in [-0.2, -0.15) is 0 Å². The molecular formula is C18H11F4NO2S. The van der Waals surface area contributed by atoms with Gasteiger partial charge in [-0.1, -0.05) is 12.1 Å². The molecule has 0 bridgehead atoms. The van der Waals surface area contributed by atoms with Crippen LogP contribution in [0.5, 0.6) is 0 Å². The van der Waals surface area contributed by atoms with Gasteiger partial charge >= 0.3 is 0 Å². The zero-order valence-electron chi connectivity index (χ0n) is 13.0. The molecule has 8 heteroatoms. The van der Waals surface area contributed by atoms with Gasteiger partial charge in [-0.05, 0) is 42.0 Å². The molecule has 0 aromatic heterocycles. The first-order valence-electron chi connectivity index (χ1n) is 7.29. The van der Waals surface area contributed by atoms with Crippen molar-refractivity contribution in [2.45, 2.75) is 4.90 Å². The highest BCUT2D eigenvalue weighted by Gasteiger charge is 2.16. The number of benzene rings is 3. The average Bonchev–Trinajstić information content (AvgIpc) is 2.58. The van der Waals surface area contributed by atoms with E-state index in [1.165, 1.54) is 30.3 Å². The molecule has 26 heavy (non-hydrogen) atoms. The summed E-state index contributed by atoms with van der Waals surface area (Å²) in [6.45, 7) is 0. The number of hydrogen-bond donors (Lipinski definition) is 1. The van der Waals surface area contributed by atoms with Crippen molar-refractivity contribution >= 4 is 15.7 Å². The van der Waals surface area contributed by atoms with E-state index < -0.39 is 33.3 Å². The maximum Gasteiger partial charge on any atom is 0.261 e. The second kappa shape index (κ2) is 6.80. The standard InChI is InChI=1S/C18H11F4NO2S/c19-12-3-7-15(17(21)9-12)11-1-5-14(6-2-11)26(24,25)23-13-4-8-16(20)18(22)10-13/h1-10,23H. The summed E-state index contributed by atoms with van der Waals surface area (Å²) in [6.07, 6.45) is 0. The van der Waals surface area contributed by atoms with Gasteiger partial charge in [-0.15, -0.1) is 0 Å². The summed E-state index contributed by atoms with van der Waals surface area (Å²) in [5.74, 6) is -3.78. The van der Waals surface area contributed by atoms with Crippen LogP contribution >= 0.6 is 0 Å². The predicted molar refractivity (Wildman–Crippen MR) is 89.0 cm³/mol. The molecule has 0 amide bonds. The van der Waals surface area contributed by atoms with E-state index in [0.29, 0.717) is 5.56 Å². The normalized spacial score (nSPS) is 11.4. The molecule has 0 aliphatic rings. The number of nitrogens with one attached hydrogen (secondary N) is 1. The second-order valence-electron chi connectivity index (χ2n) is 5.38. The molecule has 3 aromatic rings. The summed E-state index contributed by atoms with van der Waals surface area (Å²) >= 11 is 0. The molecule has 0 unspecified atom stereocenters. The summed E-state index contributed by atoms with van der Waals surface area (Å²) in [7, 11) is -4.05. The molecule has 3 nitrogen and oxygen atoms in total. The molecule has 0 radical (unpaired) electrons. The van der Waals surface area contributed by atoms with E-state index in [1.807, 2.05) is 0 Å². The first kappa shape index (κ1) is 17.9. The minimum absolute atomic E-state index is 0.115. The summed E-state index contributed by atoms with van der Waals surface area (Å²) in [5.41, 5.74) is 0.329. The number of rotatable bonds is 4. The van der Waals surface area contributed by atoms with Crippen molar-refractivity contribution in [3.63, 3.8) is 0 Å². The second-order valence-corrected chi connectivity index (χ2v) is 7.07. The van der Waals surface area contributed by atoms with Crippen molar-refractivity contribution in [1.82, 2.24) is 0 Å². The molecular weight excluding hydrogens is 370 g/mol. The lowest BCUT2D eigenvalue weighted by atomic mass is 10.1. The Morgan fingerprint density at radius 3 is 2.00 bits per heavy atom. The van der Waals surface area contributed by atoms with E-state index in [1.54, 1.807) is 0 Å². The van der Waals surface area contributed by atoms with E-state index in [-0.39, 0.29) is 16.1 Å². The van der Waals surface area contributed by atoms with E-state index in [2.05, 4.69) is 4.72 Å². The maximum atomic E-state index is 13.8. The molecule has 0 saturated carbocycles. The van der Waals surface area contributed by atoms with E-state index in [0.717, 1.165) is 30.3 Å². The van der Waals surface area contributed by atoms with Crippen LogP contribution in [0.4, 0.5) is 23.2 Å². The molecule has 3 rings (SSSR count). The molecule has 0 spiro atoms. The maximum absolute atomic E-state index is 13.8. The van der Waals surface area contributed by atoms with Gasteiger partial charge in [-0.3, -0.25) is 4.72 Å². The van der Waals surface area contributed by atoms with Gasteiger partial charge in [0.25, 0.3) is 10.0 Å². The van der Waals surface area contributed by atoms with E-state index in [4.69, 9.17) is 0 Å². The Hall–Kier alpha value is -2.87. The van der Waals surface area contributed by atoms with Crippen LogP contribution in [0, 0.1) is 23.3 Å². The van der Waals surface area contributed by atoms with Crippen LogP contribution in [0.2, 0.25) is 0 Å². The zero-order chi connectivity index (χ0) is 18.9. The average molecular weight is 381 g/mol. The minimum Gasteiger partial charge on any atom is -0.280 e. The molecule has 0 heterocycles. The topological polar surface area (TPSA) is 46.2 Å². The lowest BCUT2D eigenvalue weighted by Crippen LogP contribution is -2.13. The monoisotopic (exact) mass is 381 g/mol. The molecule has 0 aliphatic carbocycles. The molecule has 0 saturated heterocycles. The van der Waals surface area contributed by atoms with Crippen LogP contribution in [0.1, 0.15) is 0 Å². The third-order valence-corrected chi connectivity index (χ3v) is 4.98. The van der Waals surface area contributed by atoms with E-state index >= 15 is 0 Å². The quantitative estimate of drug-likeness (QED) is 0.666. The lowest BCUT2D eigenvalue weighted by molar-refractivity contribution is 0.509. The smallest absolute Gasteiger partial charge is 0.261 e. The number of sulfonamides is 1. The summed E-state index contributed by atoms with van der Waals surface area (Å²) in [6, 6.07) is 10.8. The first-order valence-corrected chi connectivity index (χ1v) is 8.78. The summed E-state index contributed by atoms with van der Waals surface area (Å²) in [4.78, 5) is -0.159. The highest BCUT2D eigenvalue weighted by molar-refractivity contribution is 7.92. The van der Waals surface area contributed by atoms with Gasteiger partial charge < -0.3 is 0 Å². The minimum atomic E-state index is -4.05. The van der Waals surface area contributed by atoms with Crippen molar-refractivity contribution < 1.29 is 26.0 Å². The summed E-state index contributed by atoms with van der Waals surface area (Å²) in [5, 5.41) is 0. The van der Waals surface area contributed by atoms with Gasteiger partial charge in [0.15, 0.2) is 11.6 Å². The highest BCUT2D eigenvalue weighted by atomic mass is 32.2. The fourth-order valence-electron chi connectivity index (χ4n) is 2.31. The Morgan fingerprint density at radius 1 is 0.692 bits per heavy atom. The molecule has 0 fully saturated rings.